The van der Waals surface area contributed by atoms with Crippen LogP contribution in [0.1, 0.15) is 68.3 Å². The van der Waals surface area contributed by atoms with Crippen LogP contribution in [0.25, 0.3) is 43.6 Å². The van der Waals surface area contributed by atoms with Crippen LogP contribution < -0.4 is 30.1 Å². The van der Waals surface area contributed by atoms with Crippen LogP contribution in [0.5, 0.6) is 0 Å². The van der Waals surface area contributed by atoms with Crippen molar-refractivity contribution in [3.63, 3.8) is 0 Å². The summed E-state index contributed by atoms with van der Waals surface area (Å²) in [5.41, 5.74) is 14.6. The highest BCUT2D eigenvalue weighted by atomic mass is 35.5. The highest BCUT2D eigenvalue weighted by Gasteiger charge is 2.46. The van der Waals surface area contributed by atoms with Crippen molar-refractivity contribution in [3.05, 3.63) is 140 Å². The number of hydrogen-bond acceptors (Lipinski definition) is 13. The molecule has 0 atom stereocenters. The smallest absolute Gasteiger partial charge is 0.276 e. The summed E-state index contributed by atoms with van der Waals surface area (Å²) in [6.45, 7) is 13.4. The largest absolute Gasteiger partial charge is 0.371 e. The SMILES string of the molecule is CC(=O)N1CC2(CCN(c3cc(Cl)cc4[nH]ncc34)CC2)C1.CC(=O)Nc1ccc2c(c1)CCN(c1cc(Cl)cc3[nH]ncc13)C2.Cn1cc2c(n1)CCN(c1cc(Cl)cc3[nH]ncc13)C2.NS(=O)(=O)N1CCC2(CCN(c3cc(Cl)cc4[nH]ncc34)CC2)C1. The molecule has 470 valence electrons. The normalized spacial score (nSPS) is 17.8. The van der Waals surface area contributed by atoms with Gasteiger partial charge in [-0.15, -0.1) is 0 Å². The second-order valence-corrected chi connectivity index (χ2v) is 28.1. The summed E-state index contributed by atoms with van der Waals surface area (Å²) in [6.07, 6.45) is 16.4. The van der Waals surface area contributed by atoms with Gasteiger partial charge in [0.1, 0.15) is 0 Å². The number of anilines is 5. The lowest BCUT2D eigenvalue weighted by molar-refractivity contribution is -0.142. The van der Waals surface area contributed by atoms with Crippen LogP contribution in [0.15, 0.2) is 97.7 Å². The Labute approximate surface area is 540 Å². The molecule has 2 amide bonds. The molecule has 5 aromatic carbocycles. The van der Waals surface area contributed by atoms with E-state index in [1.807, 2.05) is 96.0 Å². The van der Waals surface area contributed by atoms with Gasteiger partial charge in [-0.1, -0.05) is 52.5 Å². The lowest BCUT2D eigenvalue weighted by atomic mass is 9.72. The van der Waals surface area contributed by atoms with Gasteiger partial charge in [0.05, 0.1) is 52.5 Å². The number of piperidine rings is 2. The minimum absolute atomic E-state index is 0.0475. The lowest BCUT2D eigenvalue weighted by Gasteiger charge is -2.54. The number of halogens is 4. The summed E-state index contributed by atoms with van der Waals surface area (Å²) >= 11 is 24.9. The molecule has 4 saturated heterocycles. The third-order valence-electron chi connectivity index (χ3n) is 18.8. The maximum absolute atomic E-state index is 11.6. The number of carbonyl (C=O) groups excluding carboxylic acids is 2. The van der Waals surface area contributed by atoms with Gasteiger partial charge in [-0.25, -0.2) is 5.14 Å². The number of nitrogens with one attached hydrogen (secondary N) is 5. The molecule has 5 aromatic heterocycles. The van der Waals surface area contributed by atoms with Gasteiger partial charge in [0.2, 0.25) is 11.8 Å². The zero-order valence-electron chi connectivity index (χ0n) is 50.2. The quantitative estimate of drug-likeness (QED) is 0.0906. The monoisotopic (exact) mass is 1310 g/mol. The Hall–Kier alpha value is -7.64. The van der Waals surface area contributed by atoms with Crippen LogP contribution in [0.2, 0.25) is 20.1 Å². The van der Waals surface area contributed by atoms with E-state index in [1.165, 1.54) is 33.6 Å². The first-order valence-electron chi connectivity index (χ1n) is 30.2. The van der Waals surface area contributed by atoms with E-state index in [1.54, 1.807) is 6.92 Å². The van der Waals surface area contributed by atoms with E-state index in [-0.39, 0.29) is 17.2 Å². The average Bonchev–Trinajstić information content (AvgIpc) is 1.06. The zero-order valence-corrected chi connectivity index (χ0v) is 54.0. The van der Waals surface area contributed by atoms with Crippen molar-refractivity contribution < 1.29 is 18.0 Å². The van der Waals surface area contributed by atoms with E-state index in [0.717, 1.165) is 192 Å². The molecule has 6 aliphatic heterocycles. The zero-order chi connectivity index (χ0) is 62.6. The van der Waals surface area contributed by atoms with Gasteiger partial charge in [-0.3, -0.25) is 34.7 Å². The van der Waals surface area contributed by atoms with Crippen LogP contribution in [-0.4, -0.2) is 145 Å². The Morgan fingerprint density at radius 3 is 1.41 bits per heavy atom. The minimum Gasteiger partial charge on any atom is -0.371 e. The molecule has 4 fully saturated rings. The van der Waals surface area contributed by atoms with E-state index in [4.69, 9.17) is 51.5 Å². The number of aromatic nitrogens is 10. The summed E-state index contributed by atoms with van der Waals surface area (Å²) in [5, 5.41) is 48.3. The van der Waals surface area contributed by atoms with Crippen molar-refractivity contribution in [1.29, 1.82) is 0 Å². The molecule has 0 unspecified atom stereocenters. The number of H-pyrrole nitrogens is 4. The van der Waals surface area contributed by atoms with Gasteiger partial charge in [0.25, 0.3) is 10.2 Å². The van der Waals surface area contributed by atoms with Crippen molar-refractivity contribution in [2.45, 2.75) is 71.9 Å². The Morgan fingerprint density at radius 2 is 0.967 bits per heavy atom. The Bertz CT molecular complexity index is 4440. The summed E-state index contributed by atoms with van der Waals surface area (Å²) in [4.78, 5) is 33.9. The Balaban J connectivity index is 0.000000110. The molecule has 90 heavy (non-hydrogen) atoms. The molecule has 10 aromatic rings. The van der Waals surface area contributed by atoms with Gasteiger partial charge in [-0.05, 0) is 116 Å². The molecule has 7 N–H and O–H groups in total. The first-order chi connectivity index (χ1) is 43.2. The second-order valence-electron chi connectivity index (χ2n) is 24.8. The number of likely N-dealkylation sites (tertiary alicyclic amines) is 1. The van der Waals surface area contributed by atoms with E-state index in [0.29, 0.717) is 28.5 Å². The fraction of sp³-hybridized carbons (Fsp3) is 0.381. The average molecular weight is 1320 g/mol. The number of nitrogens with two attached hydrogens (primary N) is 1. The molecule has 0 bridgehead atoms. The summed E-state index contributed by atoms with van der Waals surface area (Å²) < 4.78 is 26.4. The predicted molar refractivity (Wildman–Crippen MR) is 357 cm³/mol. The van der Waals surface area contributed by atoms with Crippen LogP contribution in [0.3, 0.4) is 0 Å². The number of aromatic amines is 4. The van der Waals surface area contributed by atoms with Crippen molar-refractivity contribution in [1.82, 2.24) is 59.8 Å². The third kappa shape index (κ3) is 12.9. The van der Waals surface area contributed by atoms with Gasteiger partial charge in [0.15, 0.2) is 0 Å². The summed E-state index contributed by atoms with van der Waals surface area (Å²) in [6, 6.07) is 21.7. The van der Waals surface area contributed by atoms with Crippen LogP contribution in [0.4, 0.5) is 28.4 Å². The first kappa shape index (κ1) is 61.2. The number of carbonyl (C=O) groups is 2. The molecule has 11 heterocycles. The molecule has 27 heteroatoms. The number of fused-ring (bicyclic) bond motifs is 6. The maximum atomic E-state index is 11.6. The van der Waals surface area contributed by atoms with Crippen LogP contribution in [-0.2, 0) is 52.8 Å². The first-order valence-corrected chi connectivity index (χ1v) is 33.2. The standard InChI is InChI=1S/C18H17ClN4O.C16H19ClN4O.C15H20ClN5O2S.C14H14ClN5/c1-11(24)21-15-3-2-13-10-23(5-4-12(13)6-15)18-8-14(19)7-17-16(18)9-20-22-17;1-11(22)21-9-16(10-21)2-4-20(5-3-16)15-7-12(17)6-14-13(15)8-18-19-14;16-11-7-13-12(9-18-19-13)14(8-11)20-4-1-15(2-5-20)3-6-21(10-15)24(17,22)23;1-19-7-9-8-20(3-2-12(9)18-19)14-5-10(15)4-13-11(14)6-16-17-13/h2-3,6-9H,4-5,10H2,1H3,(H,20,22)(H,21,24);6-8H,2-5,9-10H2,1H3,(H,18,19);7-9H,1-6,10H2,(H,18,19)(H2,17,22,23);4-7H,2-3,8H2,1H3,(H,16,17). The third-order valence-corrected chi connectivity index (χ3v) is 20.7. The molecule has 0 radical (unpaired) electrons. The molecule has 16 rings (SSSR count). The number of nitrogens with zero attached hydrogens (tertiary/aromatic N) is 12. The molecule has 22 nitrogen and oxygen atoms in total. The van der Waals surface area contributed by atoms with Crippen molar-refractivity contribution in [2.75, 3.05) is 90.4 Å². The lowest BCUT2D eigenvalue weighted by Crippen LogP contribution is -2.61. The molecular weight excluding hydrogens is 1250 g/mol. The van der Waals surface area contributed by atoms with Gasteiger partial charge in [-0.2, -0.15) is 38.2 Å². The molecule has 0 saturated carbocycles. The number of benzene rings is 5. The number of aryl methyl sites for hydroxylation is 1. The van der Waals surface area contributed by atoms with E-state index >= 15 is 0 Å². The molecule has 0 aliphatic carbocycles. The number of hydrogen-bond donors (Lipinski definition) is 6. The van der Waals surface area contributed by atoms with E-state index in [2.05, 4.69) is 89.1 Å². The predicted octanol–water partition coefficient (Wildman–Crippen LogP) is 10.6. The van der Waals surface area contributed by atoms with Crippen LogP contribution in [0, 0.1) is 10.8 Å². The van der Waals surface area contributed by atoms with E-state index in [9.17, 15) is 18.0 Å². The molecule has 6 aliphatic rings. The van der Waals surface area contributed by atoms with Gasteiger partial charge < -0.3 is 29.8 Å². The van der Waals surface area contributed by atoms with Gasteiger partial charge >= 0.3 is 0 Å². The Morgan fingerprint density at radius 1 is 0.533 bits per heavy atom. The molecule has 2 spiro atoms. The minimum atomic E-state index is -3.58. The van der Waals surface area contributed by atoms with Crippen molar-refractivity contribution in [3.8, 4) is 0 Å². The maximum Gasteiger partial charge on any atom is 0.276 e. The Kier molecular flexibility index (Phi) is 16.9. The highest BCUT2D eigenvalue weighted by molar-refractivity contribution is 7.86. The van der Waals surface area contributed by atoms with Gasteiger partial charge in [0, 0.05) is 193 Å². The summed E-state index contributed by atoms with van der Waals surface area (Å²) in [5.74, 6) is 0.150. The number of amides is 2. The van der Waals surface area contributed by atoms with E-state index < -0.39 is 10.2 Å². The topological polar surface area (TPSA) is 258 Å². The van der Waals surface area contributed by atoms with Crippen LogP contribution >= 0.6 is 46.4 Å². The van der Waals surface area contributed by atoms with Crippen molar-refractivity contribution >= 4 is 140 Å². The highest BCUT2D eigenvalue weighted by Crippen LogP contribution is 2.45. The second kappa shape index (κ2) is 24.9. The molecular formula is C63H70Cl4N18O4S. The fourth-order valence-corrected chi connectivity index (χ4v) is 15.7. The summed E-state index contributed by atoms with van der Waals surface area (Å²) in [7, 11) is -1.61. The van der Waals surface area contributed by atoms with Crippen molar-refractivity contribution in [2.24, 2.45) is 23.0 Å². The number of rotatable bonds is 6. The fourth-order valence-electron chi connectivity index (χ4n) is 14.0.